The number of nitrogens with one attached hydrogen (secondary N) is 3. The molecule has 0 aliphatic rings. The van der Waals surface area contributed by atoms with Crippen molar-refractivity contribution in [3.8, 4) is 0 Å². The monoisotopic (exact) mass is 469 g/mol. The van der Waals surface area contributed by atoms with Crippen LogP contribution in [0.2, 0.25) is 0 Å². The minimum Gasteiger partial charge on any atom is -0.331 e. The van der Waals surface area contributed by atoms with Crippen LogP contribution in [0.15, 0.2) is 24.3 Å². The molecule has 1 amide bonds. The summed E-state index contributed by atoms with van der Waals surface area (Å²) in [5, 5.41) is 2.62. The fraction of sp³-hybridized carbons (Fsp3) is 0.364. The number of anilines is 1. The highest BCUT2D eigenvalue weighted by molar-refractivity contribution is 7.99. The van der Waals surface area contributed by atoms with Gasteiger partial charge in [-0.1, -0.05) is 6.07 Å². The Morgan fingerprint density at radius 1 is 0.968 bits per heavy atom. The molecule has 0 aromatic heterocycles. The van der Waals surface area contributed by atoms with Crippen LogP contribution in [0.1, 0.15) is 38.9 Å². The SMILES string of the molecule is Cc1c(C)c(C)c(CSCC(=O)NNC(=S)Nc2cccc(C(F)(F)F)c2)c(C)c1C. The molecule has 9 heteroatoms. The van der Waals surface area contributed by atoms with E-state index in [1.54, 1.807) is 0 Å². The lowest BCUT2D eigenvalue weighted by atomic mass is 9.90. The van der Waals surface area contributed by atoms with Crippen molar-refractivity contribution < 1.29 is 18.0 Å². The van der Waals surface area contributed by atoms with Crippen molar-refractivity contribution in [3.05, 3.63) is 63.2 Å². The lowest BCUT2D eigenvalue weighted by molar-refractivity contribution is -0.137. The summed E-state index contributed by atoms with van der Waals surface area (Å²) in [5.41, 5.74) is 11.9. The Hall–Kier alpha value is -2.26. The zero-order valence-electron chi connectivity index (χ0n) is 18.1. The number of amides is 1. The van der Waals surface area contributed by atoms with Crippen molar-refractivity contribution in [1.82, 2.24) is 10.9 Å². The van der Waals surface area contributed by atoms with E-state index in [0.29, 0.717) is 5.75 Å². The van der Waals surface area contributed by atoms with Gasteiger partial charge in [0.05, 0.1) is 11.3 Å². The predicted molar refractivity (Wildman–Crippen MR) is 125 cm³/mol. The van der Waals surface area contributed by atoms with Gasteiger partial charge in [-0.25, -0.2) is 0 Å². The van der Waals surface area contributed by atoms with Crippen LogP contribution in [-0.2, 0) is 16.7 Å². The van der Waals surface area contributed by atoms with Gasteiger partial charge in [0, 0.05) is 11.4 Å². The van der Waals surface area contributed by atoms with Gasteiger partial charge in [0.25, 0.3) is 0 Å². The smallest absolute Gasteiger partial charge is 0.331 e. The molecule has 2 rings (SSSR count). The summed E-state index contributed by atoms with van der Waals surface area (Å²) in [7, 11) is 0. The van der Waals surface area contributed by atoms with E-state index in [2.05, 4.69) is 50.8 Å². The van der Waals surface area contributed by atoms with Crippen molar-refractivity contribution in [3.63, 3.8) is 0 Å². The van der Waals surface area contributed by atoms with Crippen molar-refractivity contribution in [2.75, 3.05) is 11.1 Å². The predicted octanol–water partition coefficient (Wildman–Crippen LogP) is 5.50. The number of halogens is 3. The highest BCUT2D eigenvalue weighted by Gasteiger charge is 2.30. The minimum absolute atomic E-state index is 0.00542. The van der Waals surface area contributed by atoms with E-state index in [1.165, 1.54) is 57.3 Å². The Bertz CT molecular complexity index is 962. The molecule has 0 saturated carbocycles. The molecule has 0 bridgehead atoms. The number of alkyl halides is 3. The summed E-state index contributed by atoms with van der Waals surface area (Å²) in [6.45, 7) is 10.5. The largest absolute Gasteiger partial charge is 0.416 e. The van der Waals surface area contributed by atoms with Gasteiger partial charge in [-0.15, -0.1) is 11.8 Å². The highest BCUT2D eigenvalue weighted by atomic mass is 32.2. The molecule has 31 heavy (non-hydrogen) atoms. The number of benzene rings is 2. The van der Waals surface area contributed by atoms with Crippen molar-refractivity contribution in [2.24, 2.45) is 0 Å². The first-order valence-electron chi connectivity index (χ1n) is 9.58. The maximum atomic E-state index is 12.8. The standard InChI is InChI=1S/C22H26F3N3OS2/c1-12-13(2)15(4)19(16(5)14(12)3)10-31-11-20(29)27-28-21(30)26-18-8-6-7-17(9-18)22(23,24)25/h6-9H,10-11H2,1-5H3,(H,27,29)(H2,26,28,30). The number of hydrazine groups is 1. The van der Waals surface area contributed by atoms with Crippen LogP contribution < -0.4 is 16.2 Å². The third-order valence-corrected chi connectivity index (χ3v) is 6.56. The Labute approximate surface area is 190 Å². The zero-order valence-corrected chi connectivity index (χ0v) is 19.7. The Balaban J connectivity index is 1.84. The topological polar surface area (TPSA) is 53.2 Å². The van der Waals surface area contributed by atoms with Crippen molar-refractivity contribution in [1.29, 1.82) is 0 Å². The molecule has 0 unspecified atom stereocenters. The Kier molecular flexibility index (Phi) is 8.36. The average Bonchev–Trinajstić information content (AvgIpc) is 2.71. The molecule has 0 aliphatic heterocycles. The summed E-state index contributed by atoms with van der Waals surface area (Å²) in [5.74, 6) is 0.637. The number of carbonyl (C=O) groups is 1. The van der Waals surface area contributed by atoms with Crippen molar-refractivity contribution >= 4 is 40.7 Å². The quantitative estimate of drug-likeness (QED) is 0.399. The van der Waals surface area contributed by atoms with E-state index in [0.717, 1.165) is 12.1 Å². The molecule has 0 heterocycles. The van der Waals surface area contributed by atoms with Crippen LogP contribution in [-0.4, -0.2) is 16.8 Å². The number of thiocarbonyl (C=S) groups is 1. The summed E-state index contributed by atoms with van der Waals surface area (Å²) in [6, 6.07) is 4.65. The van der Waals surface area contributed by atoms with Crippen molar-refractivity contribution in [2.45, 2.75) is 46.5 Å². The zero-order chi connectivity index (χ0) is 23.3. The maximum Gasteiger partial charge on any atom is 0.416 e. The van der Waals surface area contributed by atoms with Gasteiger partial charge in [-0.2, -0.15) is 13.2 Å². The van der Waals surface area contributed by atoms with Gasteiger partial charge in [-0.05, 0) is 98.4 Å². The fourth-order valence-electron chi connectivity index (χ4n) is 3.14. The van der Waals surface area contributed by atoms with Gasteiger partial charge < -0.3 is 5.32 Å². The third-order valence-electron chi connectivity index (χ3n) is 5.40. The van der Waals surface area contributed by atoms with Gasteiger partial charge in [0.2, 0.25) is 5.91 Å². The second-order valence-electron chi connectivity index (χ2n) is 7.30. The van der Waals surface area contributed by atoms with E-state index < -0.39 is 11.7 Å². The molecule has 0 atom stereocenters. The normalized spacial score (nSPS) is 11.2. The number of carbonyl (C=O) groups excluding carboxylic acids is 1. The van der Waals surface area contributed by atoms with E-state index in [9.17, 15) is 18.0 Å². The second kappa shape index (κ2) is 10.4. The molecule has 2 aromatic carbocycles. The van der Waals surface area contributed by atoms with Crippen LogP contribution in [0.3, 0.4) is 0 Å². The minimum atomic E-state index is -4.44. The van der Waals surface area contributed by atoms with E-state index in [-0.39, 0.29) is 22.5 Å². The number of thioether (sulfide) groups is 1. The van der Waals surface area contributed by atoms with E-state index >= 15 is 0 Å². The lowest BCUT2D eigenvalue weighted by Gasteiger charge is -2.18. The van der Waals surface area contributed by atoms with Crippen LogP contribution in [0.25, 0.3) is 0 Å². The molecule has 0 aliphatic carbocycles. The summed E-state index contributed by atoms with van der Waals surface area (Å²) in [4.78, 5) is 12.1. The summed E-state index contributed by atoms with van der Waals surface area (Å²) >= 11 is 6.52. The Morgan fingerprint density at radius 3 is 2.13 bits per heavy atom. The first-order valence-corrected chi connectivity index (χ1v) is 11.1. The molecular formula is C22H26F3N3OS2. The van der Waals surface area contributed by atoms with E-state index in [1.807, 2.05) is 0 Å². The highest BCUT2D eigenvalue weighted by Crippen LogP contribution is 2.31. The van der Waals surface area contributed by atoms with Gasteiger partial charge >= 0.3 is 6.18 Å². The second-order valence-corrected chi connectivity index (χ2v) is 8.70. The molecular weight excluding hydrogens is 443 g/mol. The molecule has 4 nitrogen and oxygen atoms in total. The molecule has 168 valence electrons. The fourth-order valence-corrected chi connectivity index (χ4v) is 4.30. The summed E-state index contributed by atoms with van der Waals surface area (Å²) < 4.78 is 38.3. The van der Waals surface area contributed by atoms with Gasteiger partial charge in [-0.3, -0.25) is 15.6 Å². The van der Waals surface area contributed by atoms with Crippen LogP contribution in [0.4, 0.5) is 18.9 Å². The first kappa shape index (κ1) is 25.0. The van der Waals surface area contributed by atoms with Gasteiger partial charge in [0.1, 0.15) is 0 Å². The molecule has 3 N–H and O–H groups in total. The third kappa shape index (κ3) is 6.61. The summed E-state index contributed by atoms with van der Waals surface area (Å²) in [6.07, 6.45) is -4.44. The number of hydrogen-bond acceptors (Lipinski definition) is 3. The first-order chi connectivity index (χ1) is 14.4. The average molecular weight is 470 g/mol. The molecule has 2 aromatic rings. The number of hydrogen-bond donors (Lipinski definition) is 3. The molecule has 0 radical (unpaired) electrons. The lowest BCUT2D eigenvalue weighted by Crippen LogP contribution is -2.44. The molecule has 0 fully saturated rings. The Morgan fingerprint density at radius 2 is 1.55 bits per heavy atom. The maximum absolute atomic E-state index is 12.8. The van der Waals surface area contributed by atoms with Crippen LogP contribution >= 0.6 is 24.0 Å². The van der Waals surface area contributed by atoms with Crippen LogP contribution in [0.5, 0.6) is 0 Å². The van der Waals surface area contributed by atoms with Crippen LogP contribution in [0, 0.1) is 34.6 Å². The van der Waals surface area contributed by atoms with Gasteiger partial charge in [0.15, 0.2) is 5.11 Å². The molecule has 0 saturated heterocycles. The molecule has 0 spiro atoms. The number of rotatable bonds is 5. The van der Waals surface area contributed by atoms with E-state index in [4.69, 9.17) is 12.2 Å².